The Balaban J connectivity index is 1.66. The Morgan fingerprint density at radius 1 is 1.19 bits per heavy atom. The summed E-state index contributed by atoms with van der Waals surface area (Å²) in [4.78, 5) is 4.73. The number of hydrogen-bond acceptors (Lipinski definition) is 4. The van der Waals surface area contributed by atoms with E-state index < -0.39 is 0 Å². The minimum absolute atomic E-state index is 0.0951. The Bertz CT molecular complexity index is 435. The van der Waals surface area contributed by atoms with Gasteiger partial charge in [0.25, 0.3) is 0 Å². The van der Waals surface area contributed by atoms with E-state index in [0.717, 1.165) is 57.9 Å². The van der Waals surface area contributed by atoms with Crippen LogP contribution in [0.1, 0.15) is 19.8 Å². The molecule has 1 aromatic carbocycles. The fourth-order valence-corrected chi connectivity index (χ4v) is 2.71. The maximum atomic E-state index is 9.22. The second kappa shape index (κ2) is 8.66. The van der Waals surface area contributed by atoms with Crippen molar-refractivity contribution < 1.29 is 4.74 Å². The molecular formula is C17H25N3O. The summed E-state index contributed by atoms with van der Waals surface area (Å²) in [6.45, 7) is 7.85. The maximum absolute atomic E-state index is 9.22. The third-order valence-electron chi connectivity index (χ3n) is 3.98. The van der Waals surface area contributed by atoms with Gasteiger partial charge in [-0.2, -0.15) is 5.26 Å². The Morgan fingerprint density at radius 3 is 2.52 bits per heavy atom. The van der Waals surface area contributed by atoms with Crippen LogP contribution in [0.3, 0.4) is 0 Å². The van der Waals surface area contributed by atoms with E-state index >= 15 is 0 Å². The lowest BCUT2D eigenvalue weighted by Gasteiger charge is -2.36. The number of para-hydroxylation sites is 1. The van der Waals surface area contributed by atoms with Crippen molar-refractivity contribution in [1.82, 2.24) is 9.80 Å². The van der Waals surface area contributed by atoms with Crippen LogP contribution in [-0.4, -0.2) is 55.2 Å². The van der Waals surface area contributed by atoms with E-state index in [2.05, 4.69) is 22.8 Å². The van der Waals surface area contributed by atoms with Crippen molar-refractivity contribution in [1.29, 1.82) is 5.26 Å². The van der Waals surface area contributed by atoms with Gasteiger partial charge in [-0.25, -0.2) is 0 Å². The van der Waals surface area contributed by atoms with Crippen LogP contribution in [-0.2, 0) is 0 Å². The molecule has 0 bridgehead atoms. The first-order valence-corrected chi connectivity index (χ1v) is 7.87. The second-order valence-corrected chi connectivity index (χ2v) is 5.47. The zero-order valence-corrected chi connectivity index (χ0v) is 12.9. The average Bonchev–Trinajstić information content (AvgIpc) is 2.54. The van der Waals surface area contributed by atoms with Gasteiger partial charge in [0.1, 0.15) is 12.4 Å². The molecule has 1 unspecified atom stereocenters. The zero-order chi connectivity index (χ0) is 14.9. The molecule has 1 heterocycles. The lowest BCUT2D eigenvalue weighted by atomic mass is 10.1. The highest BCUT2D eigenvalue weighted by atomic mass is 16.5. The summed E-state index contributed by atoms with van der Waals surface area (Å²) in [6, 6.07) is 12.5. The highest BCUT2D eigenvalue weighted by Crippen LogP contribution is 2.11. The third-order valence-corrected chi connectivity index (χ3v) is 3.98. The van der Waals surface area contributed by atoms with Crippen LogP contribution in [0.5, 0.6) is 5.75 Å². The van der Waals surface area contributed by atoms with Crippen LogP contribution in [0, 0.1) is 11.3 Å². The number of ether oxygens (including phenoxy) is 1. The van der Waals surface area contributed by atoms with Crippen molar-refractivity contribution in [2.24, 2.45) is 0 Å². The monoisotopic (exact) mass is 287 g/mol. The minimum Gasteiger partial charge on any atom is -0.492 e. The zero-order valence-electron chi connectivity index (χ0n) is 12.9. The summed E-state index contributed by atoms with van der Waals surface area (Å²) in [5.41, 5.74) is 0. The average molecular weight is 287 g/mol. The van der Waals surface area contributed by atoms with Crippen LogP contribution in [0.25, 0.3) is 0 Å². The van der Waals surface area contributed by atoms with Crippen molar-refractivity contribution in [2.45, 2.75) is 25.8 Å². The first-order valence-electron chi connectivity index (χ1n) is 7.87. The fraction of sp³-hybridized carbons (Fsp3) is 0.588. The molecule has 1 aliphatic rings. The van der Waals surface area contributed by atoms with Gasteiger partial charge in [-0.15, -0.1) is 0 Å². The molecule has 2 rings (SSSR count). The van der Waals surface area contributed by atoms with E-state index in [9.17, 15) is 5.26 Å². The quantitative estimate of drug-likeness (QED) is 0.772. The number of nitrogens with zero attached hydrogens (tertiary/aromatic N) is 3. The molecule has 4 heteroatoms. The van der Waals surface area contributed by atoms with Crippen LogP contribution in [0.15, 0.2) is 30.3 Å². The molecule has 1 fully saturated rings. The van der Waals surface area contributed by atoms with Crippen LogP contribution in [0.2, 0.25) is 0 Å². The molecule has 1 aromatic rings. The normalized spacial score (nSPS) is 18.1. The molecule has 1 aliphatic heterocycles. The molecule has 4 nitrogen and oxygen atoms in total. The van der Waals surface area contributed by atoms with Crippen molar-refractivity contribution >= 4 is 0 Å². The standard InChI is InChI=1S/C17H25N3O/c1-2-6-16(15-18)20-11-9-19(10-12-20)13-14-21-17-7-4-3-5-8-17/h3-5,7-8,16H,2,6,9-14H2,1H3. The molecular weight excluding hydrogens is 262 g/mol. The van der Waals surface area contributed by atoms with Crippen LogP contribution < -0.4 is 4.74 Å². The van der Waals surface area contributed by atoms with Crippen molar-refractivity contribution in [2.75, 3.05) is 39.3 Å². The summed E-state index contributed by atoms with van der Waals surface area (Å²) >= 11 is 0. The molecule has 0 N–H and O–H groups in total. The SMILES string of the molecule is CCCC(C#N)N1CCN(CCOc2ccccc2)CC1. The summed E-state index contributed by atoms with van der Waals surface area (Å²) in [5.74, 6) is 0.934. The number of hydrogen-bond donors (Lipinski definition) is 0. The first kappa shape index (κ1) is 15.8. The maximum Gasteiger partial charge on any atom is 0.119 e. The van der Waals surface area contributed by atoms with E-state index in [4.69, 9.17) is 4.74 Å². The molecule has 1 atom stereocenters. The van der Waals surface area contributed by atoms with E-state index in [0.29, 0.717) is 0 Å². The van der Waals surface area contributed by atoms with Crippen molar-refractivity contribution in [3.8, 4) is 11.8 Å². The Labute approximate surface area is 127 Å². The number of rotatable bonds is 7. The number of benzene rings is 1. The molecule has 1 saturated heterocycles. The van der Waals surface area contributed by atoms with Crippen LogP contribution in [0.4, 0.5) is 0 Å². The van der Waals surface area contributed by atoms with Gasteiger partial charge in [0.2, 0.25) is 0 Å². The number of nitriles is 1. The van der Waals surface area contributed by atoms with Gasteiger partial charge in [0.05, 0.1) is 12.1 Å². The van der Waals surface area contributed by atoms with Gasteiger partial charge in [-0.3, -0.25) is 9.80 Å². The van der Waals surface area contributed by atoms with E-state index in [1.165, 1.54) is 0 Å². The van der Waals surface area contributed by atoms with E-state index in [1.807, 2.05) is 30.3 Å². The summed E-state index contributed by atoms with van der Waals surface area (Å²) < 4.78 is 5.74. The Kier molecular flexibility index (Phi) is 6.52. The minimum atomic E-state index is 0.0951. The van der Waals surface area contributed by atoms with Crippen LogP contribution >= 0.6 is 0 Å². The van der Waals surface area contributed by atoms with Gasteiger partial charge in [0.15, 0.2) is 0 Å². The molecule has 21 heavy (non-hydrogen) atoms. The van der Waals surface area contributed by atoms with E-state index in [1.54, 1.807) is 0 Å². The van der Waals surface area contributed by atoms with Gasteiger partial charge in [-0.1, -0.05) is 31.5 Å². The smallest absolute Gasteiger partial charge is 0.119 e. The summed E-state index contributed by atoms with van der Waals surface area (Å²) in [5, 5.41) is 9.22. The van der Waals surface area contributed by atoms with Gasteiger partial charge in [-0.05, 0) is 18.6 Å². The third kappa shape index (κ3) is 5.04. The largest absolute Gasteiger partial charge is 0.492 e. The highest BCUT2D eigenvalue weighted by Gasteiger charge is 2.22. The molecule has 114 valence electrons. The highest BCUT2D eigenvalue weighted by molar-refractivity contribution is 5.20. The predicted molar refractivity (Wildman–Crippen MR) is 84.3 cm³/mol. The van der Waals surface area contributed by atoms with Gasteiger partial charge >= 0.3 is 0 Å². The van der Waals surface area contributed by atoms with E-state index in [-0.39, 0.29) is 6.04 Å². The lowest BCUT2D eigenvalue weighted by molar-refractivity contribution is 0.0990. The second-order valence-electron chi connectivity index (χ2n) is 5.47. The topological polar surface area (TPSA) is 39.5 Å². The summed E-state index contributed by atoms with van der Waals surface area (Å²) in [7, 11) is 0. The van der Waals surface area contributed by atoms with Gasteiger partial charge < -0.3 is 4.74 Å². The Morgan fingerprint density at radius 2 is 1.90 bits per heavy atom. The number of piperazine rings is 1. The molecule has 0 spiro atoms. The molecule has 0 amide bonds. The lowest BCUT2D eigenvalue weighted by Crippen LogP contribution is -2.50. The molecule has 0 saturated carbocycles. The predicted octanol–water partition coefficient (Wildman–Crippen LogP) is 2.38. The first-order chi connectivity index (χ1) is 10.3. The van der Waals surface area contributed by atoms with Gasteiger partial charge in [0, 0.05) is 32.7 Å². The molecule has 0 aliphatic carbocycles. The fourth-order valence-electron chi connectivity index (χ4n) is 2.71. The molecule has 0 radical (unpaired) electrons. The summed E-state index contributed by atoms with van der Waals surface area (Å²) in [6.07, 6.45) is 2.05. The molecule has 0 aromatic heterocycles. The Hall–Kier alpha value is -1.57. The van der Waals surface area contributed by atoms with Crippen molar-refractivity contribution in [3.05, 3.63) is 30.3 Å². The van der Waals surface area contributed by atoms with Crippen molar-refractivity contribution in [3.63, 3.8) is 0 Å².